The van der Waals surface area contributed by atoms with E-state index in [0.29, 0.717) is 31.4 Å². The lowest BCUT2D eigenvalue weighted by atomic mass is 10.1. The first-order chi connectivity index (χ1) is 16.3. The molecule has 2 aliphatic rings. The van der Waals surface area contributed by atoms with E-state index >= 15 is 0 Å². The highest BCUT2D eigenvalue weighted by molar-refractivity contribution is 5.95. The predicted octanol–water partition coefficient (Wildman–Crippen LogP) is 2.03. The number of rotatable bonds is 0. The van der Waals surface area contributed by atoms with Crippen LogP contribution in [0.15, 0.2) is 46.6 Å². The minimum atomic E-state index is -1.44. The number of cyclic esters (lactones) is 1. The SMILES string of the molecule is CC1=C\C(O)CC(F)Cc2nc(co2)C(=O)N2CCCC2C(=O)OCC/C=C/C(=O)NC\C=C\1. The quantitative estimate of drug-likeness (QED) is 0.551. The van der Waals surface area contributed by atoms with Crippen LogP contribution in [0.5, 0.6) is 0 Å². The van der Waals surface area contributed by atoms with Gasteiger partial charge in [-0.15, -0.1) is 0 Å². The van der Waals surface area contributed by atoms with Gasteiger partial charge in [-0.3, -0.25) is 9.59 Å². The van der Waals surface area contributed by atoms with E-state index in [1.165, 1.54) is 17.1 Å². The van der Waals surface area contributed by atoms with Crippen molar-refractivity contribution in [3.05, 3.63) is 53.8 Å². The lowest BCUT2D eigenvalue weighted by Gasteiger charge is -2.22. The molecule has 3 heterocycles. The van der Waals surface area contributed by atoms with Gasteiger partial charge in [0, 0.05) is 25.9 Å². The molecule has 184 valence electrons. The molecule has 1 saturated heterocycles. The number of esters is 1. The zero-order valence-corrected chi connectivity index (χ0v) is 19.1. The summed E-state index contributed by atoms with van der Waals surface area (Å²) in [5, 5.41) is 12.8. The molecule has 1 aromatic rings. The number of hydrogen-bond donors (Lipinski definition) is 2. The van der Waals surface area contributed by atoms with Gasteiger partial charge in [0.1, 0.15) is 18.5 Å². The average Bonchev–Trinajstić information content (AvgIpc) is 3.45. The van der Waals surface area contributed by atoms with Gasteiger partial charge in [-0.1, -0.05) is 29.9 Å². The number of halogens is 1. The lowest BCUT2D eigenvalue weighted by Crippen LogP contribution is -2.41. The van der Waals surface area contributed by atoms with Gasteiger partial charge >= 0.3 is 5.97 Å². The summed E-state index contributed by atoms with van der Waals surface area (Å²) in [6.07, 6.45) is 7.71. The number of nitrogens with one attached hydrogen (secondary N) is 1. The topological polar surface area (TPSA) is 122 Å². The number of ether oxygens (including phenoxy) is 1. The first kappa shape index (κ1) is 25.4. The molecule has 34 heavy (non-hydrogen) atoms. The standard InChI is InChI=1S/C24H30FN3O6/c1-16-6-4-9-26-21(30)8-2-3-11-33-24(32)20-7-5-10-28(20)23(31)19-15-34-22(27-19)14-17(25)13-18(29)12-16/h2,4,6,8,12,15,17-18,20,29H,3,5,7,9-11,13-14H2,1H3,(H,26,30)/b6-4+,8-2+,16-12+. The summed E-state index contributed by atoms with van der Waals surface area (Å²) in [6, 6.07) is -0.729. The van der Waals surface area contributed by atoms with E-state index in [9.17, 15) is 23.9 Å². The summed E-state index contributed by atoms with van der Waals surface area (Å²) in [6.45, 7) is 2.50. The molecule has 3 atom stereocenters. The number of alkyl halides is 1. The van der Waals surface area contributed by atoms with Crippen LogP contribution in [-0.2, 0) is 20.7 Å². The Bertz CT molecular complexity index is 970. The molecule has 0 aromatic carbocycles. The summed E-state index contributed by atoms with van der Waals surface area (Å²) in [5.41, 5.74) is 0.713. The maximum absolute atomic E-state index is 14.5. The van der Waals surface area contributed by atoms with Crippen molar-refractivity contribution in [1.82, 2.24) is 15.2 Å². The van der Waals surface area contributed by atoms with Crippen LogP contribution in [0.3, 0.4) is 0 Å². The molecule has 0 radical (unpaired) electrons. The van der Waals surface area contributed by atoms with Crippen molar-refractivity contribution in [2.24, 2.45) is 0 Å². The molecule has 2 N–H and O–H groups in total. The molecule has 3 unspecified atom stereocenters. The van der Waals surface area contributed by atoms with E-state index in [2.05, 4.69) is 10.3 Å². The van der Waals surface area contributed by atoms with Gasteiger partial charge in [-0.2, -0.15) is 0 Å². The third-order valence-corrected chi connectivity index (χ3v) is 5.48. The molecule has 0 spiro atoms. The minimum Gasteiger partial charge on any atom is -0.464 e. The molecule has 3 rings (SSSR count). The zero-order valence-electron chi connectivity index (χ0n) is 19.1. The van der Waals surface area contributed by atoms with Crippen LogP contribution in [0.1, 0.15) is 49.0 Å². The third-order valence-electron chi connectivity index (χ3n) is 5.48. The Kier molecular flexibility index (Phi) is 9.15. The molecule has 2 bridgehead atoms. The molecule has 1 aromatic heterocycles. The molecule has 0 saturated carbocycles. The second kappa shape index (κ2) is 12.3. The number of amides is 2. The van der Waals surface area contributed by atoms with Gasteiger partial charge in [0.2, 0.25) is 5.91 Å². The minimum absolute atomic E-state index is 0.00402. The van der Waals surface area contributed by atoms with Gasteiger partial charge in [0.05, 0.1) is 19.1 Å². The fourth-order valence-electron chi connectivity index (χ4n) is 3.84. The van der Waals surface area contributed by atoms with Crippen molar-refractivity contribution in [1.29, 1.82) is 0 Å². The Labute approximate surface area is 197 Å². The number of aliphatic hydroxyl groups is 1. The Balaban J connectivity index is 1.73. The summed E-state index contributed by atoms with van der Waals surface area (Å²) in [4.78, 5) is 42.7. The second-order valence-electron chi connectivity index (χ2n) is 8.30. The monoisotopic (exact) mass is 475 g/mol. The van der Waals surface area contributed by atoms with Gasteiger partial charge < -0.3 is 24.5 Å². The average molecular weight is 476 g/mol. The van der Waals surface area contributed by atoms with Crippen molar-refractivity contribution in [2.45, 2.75) is 57.3 Å². The lowest BCUT2D eigenvalue weighted by molar-refractivity contribution is -0.148. The molecule has 2 amide bonds. The van der Waals surface area contributed by atoms with E-state index in [-0.39, 0.29) is 43.5 Å². The summed E-state index contributed by atoms with van der Waals surface area (Å²) < 4.78 is 25.0. The number of carbonyl (C=O) groups excluding carboxylic acids is 3. The van der Waals surface area contributed by atoms with Crippen molar-refractivity contribution in [3.63, 3.8) is 0 Å². The van der Waals surface area contributed by atoms with Crippen LogP contribution in [0.4, 0.5) is 4.39 Å². The van der Waals surface area contributed by atoms with Gasteiger partial charge in [-0.05, 0) is 25.8 Å². The molecular formula is C24H30FN3O6. The van der Waals surface area contributed by atoms with Crippen LogP contribution < -0.4 is 5.32 Å². The highest BCUT2D eigenvalue weighted by atomic mass is 19.1. The fraction of sp³-hybridized carbons (Fsp3) is 0.500. The number of hydrogen-bond acceptors (Lipinski definition) is 7. The largest absolute Gasteiger partial charge is 0.464 e. The van der Waals surface area contributed by atoms with Crippen LogP contribution in [0, 0.1) is 0 Å². The first-order valence-corrected chi connectivity index (χ1v) is 11.4. The third kappa shape index (κ3) is 7.38. The number of fused-ring (bicyclic) bond motifs is 3. The van der Waals surface area contributed by atoms with E-state index in [1.807, 2.05) is 0 Å². The Hall–Kier alpha value is -3.27. The Morgan fingerprint density at radius 3 is 2.88 bits per heavy atom. The van der Waals surface area contributed by atoms with Gasteiger partial charge in [0.15, 0.2) is 11.6 Å². The Morgan fingerprint density at radius 2 is 2.06 bits per heavy atom. The maximum Gasteiger partial charge on any atom is 0.328 e. The molecule has 10 heteroatoms. The van der Waals surface area contributed by atoms with Crippen molar-refractivity contribution in [2.75, 3.05) is 19.7 Å². The number of oxazole rings is 1. The molecule has 2 aliphatic heterocycles. The number of aliphatic hydroxyl groups excluding tert-OH is 1. The predicted molar refractivity (Wildman–Crippen MR) is 120 cm³/mol. The normalized spacial score (nSPS) is 29.4. The number of allylic oxidation sites excluding steroid dienone is 2. The second-order valence-corrected chi connectivity index (χ2v) is 8.30. The highest BCUT2D eigenvalue weighted by Crippen LogP contribution is 2.22. The van der Waals surface area contributed by atoms with Gasteiger partial charge in [0.25, 0.3) is 5.91 Å². The molecule has 1 fully saturated rings. The van der Waals surface area contributed by atoms with Crippen LogP contribution in [0.2, 0.25) is 0 Å². The van der Waals surface area contributed by atoms with Crippen molar-refractivity contribution in [3.8, 4) is 0 Å². The number of carbonyl (C=O) groups is 3. The van der Waals surface area contributed by atoms with E-state index < -0.39 is 30.2 Å². The Morgan fingerprint density at radius 1 is 1.24 bits per heavy atom. The summed E-state index contributed by atoms with van der Waals surface area (Å²) >= 11 is 0. The van der Waals surface area contributed by atoms with Crippen molar-refractivity contribution >= 4 is 17.8 Å². The number of aromatic nitrogens is 1. The molecule has 0 aliphatic carbocycles. The van der Waals surface area contributed by atoms with Gasteiger partial charge in [-0.25, -0.2) is 14.2 Å². The highest BCUT2D eigenvalue weighted by Gasteiger charge is 2.36. The van der Waals surface area contributed by atoms with Crippen LogP contribution >= 0.6 is 0 Å². The summed E-state index contributed by atoms with van der Waals surface area (Å²) in [5.74, 6) is -1.25. The van der Waals surface area contributed by atoms with E-state index in [4.69, 9.17) is 9.15 Å². The van der Waals surface area contributed by atoms with E-state index in [0.717, 1.165) is 6.26 Å². The molecular weight excluding hydrogens is 445 g/mol. The number of nitrogens with zero attached hydrogens (tertiary/aromatic N) is 2. The maximum atomic E-state index is 14.5. The van der Waals surface area contributed by atoms with E-state index in [1.54, 1.807) is 25.2 Å². The summed E-state index contributed by atoms with van der Waals surface area (Å²) in [7, 11) is 0. The van der Waals surface area contributed by atoms with Crippen molar-refractivity contribution < 1.29 is 33.0 Å². The fourth-order valence-corrected chi connectivity index (χ4v) is 3.84. The smallest absolute Gasteiger partial charge is 0.328 e. The van der Waals surface area contributed by atoms with Crippen LogP contribution in [0.25, 0.3) is 0 Å². The first-order valence-electron chi connectivity index (χ1n) is 11.4. The zero-order chi connectivity index (χ0) is 24.5. The van der Waals surface area contributed by atoms with Crippen LogP contribution in [-0.4, -0.2) is 70.8 Å². The molecule has 9 nitrogen and oxygen atoms in total.